The normalized spacial score (nSPS) is 12.5. The Balaban J connectivity index is 3.35. The maximum atomic E-state index is 11.1. The lowest BCUT2D eigenvalue weighted by Crippen LogP contribution is -2.14. The summed E-state index contributed by atoms with van der Waals surface area (Å²) < 4.78 is 5.23. The summed E-state index contributed by atoms with van der Waals surface area (Å²) in [6, 6.07) is 0. The highest BCUT2D eigenvalue weighted by Crippen LogP contribution is 2.08. The summed E-state index contributed by atoms with van der Waals surface area (Å²) in [4.78, 5) is 11.1. The molecule has 0 aliphatic carbocycles. The van der Waals surface area contributed by atoms with Crippen LogP contribution in [0.1, 0.15) is 65.7 Å². The quantitative estimate of drug-likeness (QED) is 0.441. The van der Waals surface area contributed by atoms with Crippen LogP contribution in [0.25, 0.3) is 0 Å². The van der Waals surface area contributed by atoms with E-state index in [-0.39, 0.29) is 12.1 Å². The molecule has 0 saturated carbocycles. The van der Waals surface area contributed by atoms with E-state index in [0.29, 0.717) is 6.42 Å². The van der Waals surface area contributed by atoms with E-state index in [1.165, 1.54) is 25.7 Å². The molecule has 84 valence electrons. The van der Waals surface area contributed by atoms with Gasteiger partial charge < -0.3 is 4.74 Å². The molecule has 0 aromatic carbocycles. The number of carbonyl (C=O) groups is 1. The lowest BCUT2D eigenvalue weighted by atomic mass is 10.1. The van der Waals surface area contributed by atoms with Crippen LogP contribution in [0.3, 0.4) is 0 Å². The van der Waals surface area contributed by atoms with E-state index in [2.05, 4.69) is 6.92 Å². The second-order valence-corrected chi connectivity index (χ2v) is 3.90. The molecule has 0 amide bonds. The van der Waals surface area contributed by atoms with Gasteiger partial charge in [0.05, 0.1) is 6.10 Å². The Kier molecular flexibility index (Phi) is 8.70. The average molecular weight is 200 g/mol. The highest BCUT2D eigenvalue weighted by Gasteiger charge is 2.07. The fourth-order valence-corrected chi connectivity index (χ4v) is 1.40. The Morgan fingerprint density at radius 3 is 2.43 bits per heavy atom. The first-order chi connectivity index (χ1) is 6.70. The van der Waals surface area contributed by atoms with Gasteiger partial charge in [-0.2, -0.15) is 0 Å². The molecule has 2 nitrogen and oxygen atoms in total. The lowest BCUT2D eigenvalue weighted by Gasteiger charge is -2.12. The van der Waals surface area contributed by atoms with Crippen molar-refractivity contribution in [1.29, 1.82) is 0 Å². The van der Waals surface area contributed by atoms with Gasteiger partial charge in [-0.25, -0.2) is 0 Å². The zero-order valence-electron chi connectivity index (χ0n) is 9.84. The van der Waals surface area contributed by atoms with E-state index >= 15 is 0 Å². The van der Waals surface area contributed by atoms with Crippen LogP contribution < -0.4 is 0 Å². The second kappa shape index (κ2) is 9.04. The fourth-order valence-electron chi connectivity index (χ4n) is 1.40. The molecule has 2 heteroatoms. The predicted octanol–water partition coefficient (Wildman–Crippen LogP) is 3.69. The summed E-state index contributed by atoms with van der Waals surface area (Å²) in [5.41, 5.74) is 0. The maximum absolute atomic E-state index is 11.1. The average Bonchev–Trinajstić information content (AvgIpc) is 2.13. The van der Waals surface area contributed by atoms with Gasteiger partial charge in [0.1, 0.15) is 0 Å². The third-order valence-electron chi connectivity index (χ3n) is 2.25. The molecule has 0 heterocycles. The Morgan fingerprint density at radius 1 is 1.14 bits per heavy atom. The van der Waals surface area contributed by atoms with Crippen molar-refractivity contribution in [3.63, 3.8) is 0 Å². The van der Waals surface area contributed by atoms with Gasteiger partial charge in [0, 0.05) is 6.42 Å². The molecule has 0 saturated heterocycles. The van der Waals surface area contributed by atoms with Crippen molar-refractivity contribution in [3.05, 3.63) is 0 Å². The minimum Gasteiger partial charge on any atom is -0.463 e. The van der Waals surface area contributed by atoms with Crippen molar-refractivity contribution in [2.75, 3.05) is 0 Å². The molecule has 0 aliphatic rings. The smallest absolute Gasteiger partial charge is 0.306 e. The zero-order valence-corrected chi connectivity index (χ0v) is 9.84. The largest absolute Gasteiger partial charge is 0.463 e. The molecule has 0 fully saturated rings. The number of unbranched alkanes of at least 4 members (excludes halogenated alkanes) is 3. The molecule has 0 aromatic heterocycles. The Bertz CT molecular complexity index is 143. The number of carbonyl (C=O) groups excluding carboxylic acids is 1. The number of ether oxygens (including phenoxy) is 1. The third-order valence-corrected chi connectivity index (χ3v) is 2.25. The van der Waals surface area contributed by atoms with Crippen LogP contribution in [0.5, 0.6) is 0 Å². The van der Waals surface area contributed by atoms with Crippen LogP contribution in [0.15, 0.2) is 0 Å². The topological polar surface area (TPSA) is 26.3 Å². The summed E-state index contributed by atoms with van der Waals surface area (Å²) in [6.45, 7) is 6.18. The highest BCUT2D eigenvalue weighted by molar-refractivity contribution is 5.69. The van der Waals surface area contributed by atoms with Crippen LogP contribution in [-0.4, -0.2) is 12.1 Å². The summed E-state index contributed by atoms with van der Waals surface area (Å²) in [7, 11) is 0. The van der Waals surface area contributed by atoms with Crippen LogP contribution in [0.2, 0.25) is 0 Å². The predicted molar refractivity (Wildman–Crippen MR) is 59.2 cm³/mol. The first kappa shape index (κ1) is 13.5. The Labute approximate surface area is 88.0 Å². The van der Waals surface area contributed by atoms with E-state index in [1.54, 1.807) is 0 Å². The second-order valence-electron chi connectivity index (χ2n) is 3.90. The minimum atomic E-state index is -0.0458. The van der Waals surface area contributed by atoms with Crippen LogP contribution in [0.4, 0.5) is 0 Å². The van der Waals surface area contributed by atoms with Crippen molar-refractivity contribution < 1.29 is 9.53 Å². The fraction of sp³-hybridized carbons (Fsp3) is 0.917. The van der Waals surface area contributed by atoms with Crippen molar-refractivity contribution in [2.24, 2.45) is 0 Å². The first-order valence-corrected chi connectivity index (χ1v) is 5.90. The van der Waals surface area contributed by atoms with Crippen LogP contribution in [-0.2, 0) is 9.53 Å². The van der Waals surface area contributed by atoms with Gasteiger partial charge in [0.15, 0.2) is 0 Å². The summed E-state index contributed by atoms with van der Waals surface area (Å²) in [5, 5.41) is 0. The molecule has 0 aliphatic heterocycles. The molecular formula is C12H24O2. The molecule has 0 radical (unpaired) electrons. The SMILES string of the molecule is CCCCCC[C@@H](C)OC(=O)CCC. The van der Waals surface area contributed by atoms with Gasteiger partial charge in [-0.3, -0.25) is 4.79 Å². The Morgan fingerprint density at radius 2 is 1.86 bits per heavy atom. The molecular weight excluding hydrogens is 176 g/mol. The van der Waals surface area contributed by atoms with Crippen molar-refractivity contribution in [2.45, 2.75) is 71.8 Å². The number of rotatable bonds is 8. The van der Waals surface area contributed by atoms with Crippen LogP contribution in [0, 0.1) is 0 Å². The standard InChI is InChI=1S/C12H24O2/c1-4-6-7-8-10-11(3)14-12(13)9-5-2/h11H,4-10H2,1-3H3/t11-/m1/s1. The number of hydrogen-bond donors (Lipinski definition) is 0. The first-order valence-electron chi connectivity index (χ1n) is 5.90. The molecule has 0 N–H and O–H groups in total. The monoisotopic (exact) mass is 200 g/mol. The van der Waals surface area contributed by atoms with Gasteiger partial charge in [-0.1, -0.05) is 33.1 Å². The highest BCUT2D eigenvalue weighted by atomic mass is 16.5. The zero-order chi connectivity index (χ0) is 10.8. The molecule has 0 aromatic rings. The van der Waals surface area contributed by atoms with Gasteiger partial charge in [0.2, 0.25) is 0 Å². The summed E-state index contributed by atoms with van der Waals surface area (Å²) >= 11 is 0. The van der Waals surface area contributed by atoms with Crippen molar-refractivity contribution >= 4 is 5.97 Å². The van der Waals surface area contributed by atoms with E-state index in [9.17, 15) is 4.79 Å². The summed E-state index contributed by atoms with van der Waals surface area (Å²) in [6.07, 6.45) is 7.52. The van der Waals surface area contributed by atoms with Gasteiger partial charge in [0.25, 0.3) is 0 Å². The van der Waals surface area contributed by atoms with Gasteiger partial charge in [-0.15, -0.1) is 0 Å². The van der Waals surface area contributed by atoms with E-state index in [1.807, 2.05) is 13.8 Å². The van der Waals surface area contributed by atoms with Gasteiger partial charge in [-0.05, 0) is 26.2 Å². The molecule has 1 atom stereocenters. The number of hydrogen-bond acceptors (Lipinski definition) is 2. The third kappa shape index (κ3) is 8.09. The van der Waals surface area contributed by atoms with Crippen molar-refractivity contribution in [3.8, 4) is 0 Å². The Hall–Kier alpha value is -0.530. The maximum Gasteiger partial charge on any atom is 0.306 e. The van der Waals surface area contributed by atoms with Gasteiger partial charge >= 0.3 is 5.97 Å². The van der Waals surface area contributed by atoms with Crippen molar-refractivity contribution in [1.82, 2.24) is 0 Å². The summed E-state index contributed by atoms with van der Waals surface area (Å²) in [5.74, 6) is -0.0458. The number of esters is 1. The van der Waals surface area contributed by atoms with E-state index in [4.69, 9.17) is 4.74 Å². The van der Waals surface area contributed by atoms with E-state index in [0.717, 1.165) is 12.8 Å². The molecule has 0 unspecified atom stereocenters. The van der Waals surface area contributed by atoms with E-state index < -0.39 is 0 Å². The lowest BCUT2D eigenvalue weighted by molar-refractivity contribution is -0.148. The molecule has 0 spiro atoms. The molecule has 14 heavy (non-hydrogen) atoms. The van der Waals surface area contributed by atoms with Crippen LogP contribution >= 0.6 is 0 Å². The molecule has 0 bridgehead atoms. The minimum absolute atomic E-state index is 0.0458. The molecule has 0 rings (SSSR count).